The zero-order valence-corrected chi connectivity index (χ0v) is 16.2. The van der Waals surface area contributed by atoms with Crippen LogP contribution in [0.4, 0.5) is 5.69 Å². The van der Waals surface area contributed by atoms with Gasteiger partial charge in [0, 0.05) is 42.6 Å². The molecule has 1 fully saturated rings. The average molecular weight is 367 g/mol. The molecule has 1 aliphatic heterocycles. The minimum Gasteiger partial charge on any atom is -0.368 e. The van der Waals surface area contributed by atoms with Crippen molar-refractivity contribution in [1.82, 2.24) is 9.88 Å². The van der Waals surface area contributed by atoms with Crippen molar-refractivity contribution in [2.75, 3.05) is 24.5 Å². The number of amides is 1. The monoisotopic (exact) mass is 367 g/mol. The number of anilines is 1. The number of pyridine rings is 1. The third-order valence-electron chi connectivity index (χ3n) is 5.14. The maximum atomic E-state index is 13.0. The quantitative estimate of drug-likeness (QED) is 0.846. The molecule has 1 atom stereocenters. The molecule has 0 bridgehead atoms. The minimum atomic E-state index is -0.448. The Labute approximate surface area is 158 Å². The summed E-state index contributed by atoms with van der Waals surface area (Å²) in [5.74, 6) is -0.496. The predicted octanol–water partition coefficient (Wildman–Crippen LogP) is 2.55. The topological polar surface area (TPSA) is 73.5 Å². The Morgan fingerprint density at radius 1 is 1.07 bits per heavy atom. The van der Waals surface area contributed by atoms with Crippen LogP contribution in [-0.2, 0) is 0 Å². The molecule has 2 heterocycles. The molecule has 3 rings (SSSR count). The molecular formula is C21H25N3O3. The molecule has 1 aromatic heterocycles. The fraction of sp³-hybridized carbons (Fsp3) is 0.381. The number of H-pyrrole nitrogens is 1. The number of carbonyl (C=O) groups is 2. The Kier molecular flexibility index (Phi) is 5.17. The molecule has 0 saturated carbocycles. The Morgan fingerprint density at radius 3 is 2.33 bits per heavy atom. The van der Waals surface area contributed by atoms with E-state index in [4.69, 9.17) is 0 Å². The first-order valence-corrected chi connectivity index (χ1v) is 9.15. The Morgan fingerprint density at radius 2 is 1.74 bits per heavy atom. The van der Waals surface area contributed by atoms with Gasteiger partial charge in [0.1, 0.15) is 5.56 Å². The van der Waals surface area contributed by atoms with Crippen LogP contribution in [0.15, 0.2) is 35.1 Å². The van der Waals surface area contributed by atoms with Gasteiger partial charge in [0.25, 0.3) is 11.5 Å². The van der Waals surface area contributed by atoms with E-state index in [-0.39, 0.29) is 23.3 Å². The van der Waals surface area contributed by atoms with Crippen molar-refractivity contribution in [1.29, 1.82) is 0 Å². The number of nitrogens with one attached hydrogen (secondary N) is 1. The van der Waals surface area contributed by atoms with Crippen LogP contribution in [-0.4, -0.2) is 47.3 Å². The Bertz CT molecular complexity index is 931. The van der Waals surface area contributed by atoms with Gasteiger partial charge >= 0.3 is 0 Å². The van der Waals surface area contributed by atoms with Gasteiger partial charge in [-0.3, -0.25) is 14.4 Å². The van der Waals surface area contributed by atoms with Crippen LogP contribution >= 0.6 is 0 Å². The molecule has 6 heteroatoms. The van der Waals surface area contributed by atoms with Gasteiger partial charge in [-0.15, -0.1) is 0 Å². The van der Waals surface area contributed by atoms with Crippen LogP contribution in [0.5, 0.6) is 0 Å². The van der Waals surface area contributed by atoms with E-state index in [1.807, 2.05) is 6.92 Å². The van der Waals surface area contributed by atoms with E-state index in [2.05, 4.69) is 41.1 Å². The lowest BCUT2D eigenvalue weighted by atomic mass is 10.1. The molecule has 1 N–H and O–H groups in total. The van der Waals surface area contributed by atoms with Crippen molar-refractivity contribution in [3.8, 4) is 0 Å². The van der Waals surface area contributed by atoms with E-state index in [9.17, 15) is 14.4 Å². The number of aromatic nitrogens is 1. The minimum absolute atomic E-state index is 0.0291. The van der Waals surface area contributed by atoms with Gasteiger partial charge in [0.05, 0.1) is 0 Å². The molecule has 1 aromatic carbocycles. The highest BCUT2D eigenvalue weighted by Gasteiger charge is 2.30. The van der Waals surface area contributed by atoms with Crippen molar-refractivity contribution in [3.63, 3.8) is 0 Å². The van der Waals surface area contributed by atoms with Crippen LogP contribution in [0.3, 0.4) is 0 Å². The molecule has 27 heavy (non-hydrogen) atoms. The smallest absolute Gasteiger partial charge is 0.261 e. The van der Waals surface area contributed by atoms with Crippen molar-refractivity contribution in [2.24, 2.45) is 0 Å². The molecule has 1 saturated heterocycles. The molecule has 1 amide bonds. The van der Waals surface area contributed by atoms with Crippen molar-refractivity contribution in [3.05, 3.63) is 63.1 Å². The summed E-state index contributed by atoms with van der Waals surface area (Å²) in [4.78, 5) is 43.6. The van der Waals surface area contributed by atoms with Gasteiger partial charge in [-0.25, -0.2) is 0 Å². The highest BCUT2D eigenvalue weighted by molar-refractivity contribution is 6.00. The number of hydrogen-bond acceptors (Lipinski definition) is 4. The first-order valence-electron chi connectivity index (χ1n) is 9.15. The fourth-order valence-corrected chi connectivity index (χ4v) is 3.55. The van der Waals surface area contributed by atoms with E-state index in [1.165, 1.54) is 18.6 Å². The van der Waals surface area contributed by atoms with Gasteiger partial charge in [-0.05, 0) is 45.9 Å². The number of piperazine rings is 1. The molecule has 0 radical (unpaired) electrons. The first-order chi connectivity index (χ1) is 12.8. The van der Waals surface area contributed by atoms with Gasteiger partial charge in [0.15, 0.2) is 5.78 Å². The van der Waals surface area contributed by atoms with E-state index >= 15 is 0 Å². The molecule has 0 aliphatic carbocycles. The van der Waals surface area contributed by atoms with Crippen molar-refractivity contribution < 1.29 is 9.59 Å². The summed E-state index contributed by atoms with van der Waals surface area (Å²) in [5.41, 5.74) is 2.79. The average Bonchev–Trinajstić information content (AvgIpc) is 2.61. The summed E-state index contributed by atoms with van der Waals surface area (Å²) < 4.78 is 0. The second kappa shape index (κ2) is 7.39. The lowest BCUT2D eigenvalue weighted by Crippen LogP contribution is -2.54. The van der Waals surface area contributed by atoms with Crippen LogP contribution in [0.1, 0.15) is 45.8 Å². The molecule has 1 aliphatic rings. The van der Waals surface area contributed by atoms with E-state index in [1.54, 1.807) is 11.8 Å². The number of aromatic amines is 1. The van der Waals surface area contributed by atoms with Crippen LogP contribution in [0, 0.1) is 13.8 Å². The van der Waals surface area contributed by atoms with E-state index in [0.29, 0.717) is 30.9 Å². The maximum absolute atomic E-state index is 13.0. The lowest BCUT2D eigenvalue weighted by molar-refractivity contribution is 0.0672. The normalized spacial score (nSPS) is 17.1. The van der Waals surface area contributed by atoms with Crippen LogP contribution < -0.4 is 10.5 Å². The summed E-state index contributed by atoms with van der Waals surface area (Å²) >= 11 is 0. The number of carbonyl (C=O) groups excluding carboxylic acids is 2. The number of rotatable bonds is 3. The highest BCUT2D eigenvalue weighted by Crippen LogP contribution is 2.21. The Balaban J connectivity index is 1.81. The standard InChI is InChI=1S/C21H25N3O3/c1-13-5-7-17(8-6-13)23-9-10-24(14(2)12-23)21(27)19-11-18(16(4)25)15(3)22-20(19)26/h5-8,11,14H,9-10,12H2,1-4H3,(H,22,26)/t14-/m1/s1. The molecular weight excluding hydrogens is 342 g/mol. The van der Waals surface area contributed by atoms with Gasteiger partial charge < -0.3 is 14.8 Å². The zero-order chi connectivity index (χ0) is 19.7. The lowest BCUT2D eigenvalue weighted by Gasteiger charge is -2.41. The number of nitrogens with zero attached hydrogens (tertiary/aromatic N) is 2. The molecule has 0 spiro atoms. The summed E-state index contributed by atoms with van der Waals surface area (Å²) in [6.07, 6.45) is 0. The second-order valence-corrected chi connectivity index (χ2v) is 7.24. The summed E-state index contributed by atoms with van der Waals surface area (Å²) in [5, 5.41) is 0. The van der Waals surface area contributed by atoms with Gasteiger partial charge in [0.2, 0.25) is 0 Å². The molecule has 0 unspecified atom stereocenters. The van der Waals surface area contributed by atoms with Crippen LogP contribution in [0.25, 0.3) is 0 Å². The first kappa shape index (κ1) is 18.9. The number of Topliss-reactive ketones (excluding diaryl/α,β-unsaturated/α-hetero) is 1. The largest absolute Gasteiger partial charge is 0.368 e. The number of ketones is 1. The predicted molar refractivity (Wildman–Crippen MR) is 106 cm³/mol. The number of benzene rings is 1. The maximum Gasteiger partial charge on any atom is 0.261 e. The van der Waals surface area contributed by atoms with Crippen molar-refractivity contribution in [2.45, 2.75) is 33.7 Å². The molecule has 6 nitrogen and oxygen atoms in total. The van der Waals surface area contributed by atoms with E-state index in [0.717, 1.165) is 5.69 Å². The number of hydrogen-bond donors (Lipinski definition) is 1. The highest BCUT2D eigenvalue weighted by atomic mass is 16.2. The number of aryl methyl sites for hydroxylation is 2. The molecule has 142 valence electrons. The second-order valence-electron chi connectivity index (χ2n) is 7.24. The van der Waals surface area contributed by atoms with Gasteiger partial charge in [-0.1, -0.05) is 17.7 Å². The van der Waals surface area contributed by atoms with Gasteiger partial charge in [-0.2, -0.15) is 0 Å². The Hall–Kier alpha value is -2.89. The zero-order valence-electron chi connectivity index (χ0n) is 16.2. The SMILES string of the molecule is CC(=O)c1cc(C(=O)N2CCN(c3ccc(C)cc3)C[C@H]2C)c(=O)[nH]c1C. The van der Waals surface area contributed by atoms with Crippen molar-refractivity contribution >= 4 is 17.4 Å². The van der Waals surface area contributed by atoms with Crippen LogP contribution in [0.2, 0.25) is 0 Å². The molecule has 2 aromatic rings. The summed E-state index contributed by atoms with van der Waals surface area (Å²) in [7, 11) is 0. The summed E-state index contributed by atoms with van der Waals surface area (Å²) in [6.45, 7) is 9.04. The third-order valence-corrected chi connectivity index (χ3v) is 5.14. The summed E-state index contributed by atoms with van der Waals surface area (Å²) in [6, 6.07) is 9.71. The fourth-order valence-electron chi connectivity index (χ4n) is 3.55. The van der Waals surface area contributed by atoms with E-state index < -0.39 is 5.56 Å². The third kappa shape index (κ3) is 3.79.